The molecular weight excluding hydrogens is 429 g/mol. The number of ether oxygens (including phenoxy) is 1. The van der Waals surface area contributed by atoms with E-state index in [1.54, 1.807) is 4.90 Å². The Morgan fingerprint density at radius 3 is 2.50 bits per heavy atom. The summed E-state index contributed by atoms with van der Waals surface area (Å²) >= 11 is 0. The highest BCUT2D eigenvalue weighted by Crippen LogP contribution is 2.21. The number of rotatable bonds is 7. The highest BCUT2D eigenvalue weighted by atomic mass is 19.4. The summed E-state index contributed by atoms with van der Waals surface area (Å²) in [6.07, 6.45) is -2.54. The molecule has 9 nitrogen and oxygen atoms in total. The van der Waals surface area contributed by atoms with Gasteiger partial charge in [0.15, 0.2) is 12.4 Å². The Balaban J connectivity index is 1.49. The summed E-state index contributed by atoms with van der Waals surface area (Å²) in [6, 6.07) is 9.18. The number of anilines is 3. The Labute approximate surface area is 181 Å². The van der Waals surface area contributed by atoms with E-state index >= 15 is 0 Å². The van der Waals surface area contributed by atoms with E-state index < -0.39 is 23.8 Å². The predicted molar refractivity (Wildman–Crippen MR) is 108 cm³/mol. The van der Waals surface area contributed by atoms with E-state index in [-0.39, 0.29) is 24.3 Å². The van der Waals surface area contributed by atoms with Crippen LogP contribution in [-0.4, -0.2) is 50.9 Å². The van der Waals surface area contributed by atoms with Crippen LogP contribution in [0, 0.1) is 5.92 Å². The number of nitrogens with two attached hydrogens (primary N) is 1. The molecule has 0 aliphatic carbocycles. The van der Waals surface area contributed by atoms with Gasteiger partial charge in [-0.05, 0) is 25.0 Å². The average molecular weight is 450 g/mol. The summed E-state index contributed by atoms with van der Waals surface area (Å²) in [4.78, 5) is 37.0. The number of likely N-dealkylation sites (tertiary alicyclic amines) is 1. The molecule has 0 atom stereocenters. The Hall–Kier alpha value is -3.70. The van der Waals surface area contributed by atoms with Crippen molar-refractivity contribution in [2.75, 3.05) is 24.1 Å². The first-order chi connectivity index (χ1) is 15.2. The smallest absolute Gasteiger partial charge is 0.454 e. The second-order valence-corrected chi connectivity index (χ2v) is 7.02. The number of hydrogen-bond acceptors (Lipinski definition) is 9. The van der Waals surface area contributed by atoms with E-state index in [0.717, 1.165) is 11.9 Å². The molecule has 2 heterocycles. The van der Waals surface area contributed by atoms with Crippen LogP contribution in [0.2, 0.25) is 0 Å². The van der Waals surface area contributed by atoms with Gasteiger partial charge >= 0.3 is 12.1 Å². The van der Waals surface area contributed by atoms with Crippen molar-refractivity contribution in [1.82, 2.24) is 19.9 Å². The zero-order chi connectivity index (χ0) is 23.1. The van der Waals surface area contributed by atoms with E-state index in [0.29, 0.717) is 32.0 Å². The monoisotopic (exact) mass is 450 g/mol. The molecule has 2 aromatic rings. The topological polar surface area (TPSA) is 123 Å². The standard InChI is InChI=1S/C20H21F3N6O3/c21-20(22,23)15(30)8-11-29-9-6-13(7-10-29)17(31)32-12-16-26-18(24)28-19(27-16)25-14-4-2-1-3-5-14/h1-5,8,11,13H,6-7,9-10,12H2,(H3,24,25,26,27,28)/b11-8+. The van der Waals surface area contributed by atoms with Crippen molar-refractivity contribution in [3.8, 4) is 0 Å². The molecule has 0 saturated carbocycles. The van der Waals surface area contributed by atoms with Crippen LogP contribution < -0.4 is 11.1 Å². The van der Waals surface area contributed by atoms with E-state index in [2.05, 4.69) is 20.3 Å². The molecule has 3 N–H and O–H groups in total. The van der Waals surface area contributed by atoms with E-state index in [9.17, 15) is 22.8 Å². The van der Waals surface area contributed by atoms with Crippen LogP contribution in [0.3, 0.4) is 0 Å². The van der Waals surface area contributed by atoms with Gasteiger partial charge in [0.2, 0.25) is 11.9 Å². The maximum atomic E-state index is 12.4. The number of nitrogen functional groups attached to an aromatic ring is 1. The van der Waals surface area contributed by atoms with Gasteiger partial charge in [0, 0.05) is 31.1 Å². The lowest BCUT2D eigenvalue weighted by atomic mass is 9.97. The largest absolute Gasteiger partial charge is 0.457 e. The first-order valence-electron chi connectivity index (χ1n) is 9.73. The Morgan fingerprint density at radius 2 is 1.84 bits per heavy atom. The van der Waals surface area contributed by atoms with E-state index in [4.69, 9.17) is 10.5 Å². The van der Waals surface area contributed by atoms with Gasteiger partial charge in [-0.25, -0.2) is 0 Å². The average Bonchev–Trinajstić information content (AvgIpc) is 2.76. The molecule has 0 bridgehead atoms. The third-order valence-electron chi connectivity index (χ3n) is 4.65. The molecule has 0 radical (unpaired) electrons. The number of aromatic nitrogens is 3. The lowest BCUT2D eigenvalue weighted by molar-refractivity contribution is -0.165. The molecular formula is C20H21F3N6O3. The third kappa shape index (κ3) is 6.65. The zero-order valence-electron chi connectivity index (χ0n) is 16.9. The molecule has 1 aromatic heterocycles. The van der Waals surface area contributed by atoms with Crippen molar-refractivity contribution < 1.29 is 27.5 Å². The third-order valence-corrected chi connectivity index (χ3v) is 4.65. The minimum Gasteiger partial charge on any atom is -0.457 e. The van der Waals surface area contributed by atoms with Crippen LogP contribution in [0.15, 0.2) is 42.6 Å². The lowest BCUT2D eigenvalue weighted by Crippen LogP contribution is -2.34. The molecule has 1 aliphatic heterocycles. The number of alkyl halides is 3. The molecule has 3 rings (SSSR count). The van der Waals surface area contributed by atoms with Crippen LogP contribution in [0.4, 0.5) is 30.8 Å². The highest BCUT2D eigenvalue weighted by molar-refractivity contribution is 5.94. The van der Waals surface area contributed by atoms with Gasteiger partial charge in [-0.15, -0.1) is 0 Å². The van der Waals surface area contributed by atoms with Gasteiger partial charge in [0.1, 0.15) is 0 Å². The number of halogens is 3. The molecule has 170 valence electrons. The summed E-state index contributed by atoms with van der Waals surface area (Å²) in [5, 5.41) is 2.98. The first kappa shape index (κ1) is 23.0. The van der Waals surface area contributed by atoms with Gasteiger partial charge < -0.3 is 20.7 Å². The van der Waals surface area contributed by atoms with Crippen LogP contribution in [-0.2, 0) is 20.9 Å². The summed E-state index contributed by atoms with van der Waals surface area (Å²) < 4.78 is 42.0. The Morgan fingerprint density at radius 1 is 1.16 bits per heavy atom. The quantitative estimate of drug-likeness (QED) is 0.484. The van der Waals surface area contributed by atoms with Crippen LogP contribution in [0.25, 0.3) is 0 Å². The van der Waals surface area contributed by atoms with Gasteiger partial charge in [0.05, 0.1) is 5.92 Å². The number of piperidine rings is 1. The maximum Gasteiger partial charge on any atom is 0.454 e. The summed E-state index contributed by atoms with van der Waals surface area (Å²) in [6.45, 7) is 0.450. The van der Waals surface area contributed by atoms with Crippen LogP contribution in [0.1, 0.15) is 18.7 Å². The molecule has 12 heteroatoms. The summed E-state index contributed by atoms with van der Waals surface area (Å²) in [5.41, 5.74) is 6.45. The van der Waals surface area contributed by atoms with Crippen molar-refractivity contribution in [3.05, 3.63) is 48.4 Å². The Bertz CT molecular complexity index is 976. The number of ketones is 1. The highest BCUT2D eigenvalue weighted by Gasteiger charge is 2.36. The molecule has 1 aliphatic rings. The van der Waals surface area contributed by atoms with Gasteiger partial charge in [0.25, 0.3) is 5.78 Å². The number of benzene rings is 1. The van der Waals surface area contributed by atoms with E-state index in [1.165, 1.54) is 0 Å². The maximum absolute atomic E-state index is 12.4. The SMILES string of the molecule is Nc1nc(COC(=O)C2CCN(/C=C/C(=O)C(F)(F)F)CC2)nc(Nc2ccccc2)n1. The van der Waals surface area contributed by atoms with Crippen molar-refractivity contribution >= 4 is 29.3 Å². The molecule has 0 unspecified atom stereocenters. The van der Waals surface area contributed by atoms with Crippen molar-refractivity contribution in [2.24, 2.45) is 5.92 Å². The number of esters is 1. The molecule has 1 fully saturated rings. The number of nitrogens with one attached hydrogen (secondary N) is 1. The number of carbonyl (C=O) groups is 2. The zero-order valence-corrected chi connectivity index (χ0v) is 16.9. The van der Waals surface area contributed by atoms with Gasteiger partial charge in [-0.2, -0.15) is 28.1 Å². The number of nitrogens with zero attached hydrogens (tertiary/aromatic N) is 4. The van der Waals surface area contributed by atoms with Crippen molar-refractivity contribution in [3.63, 3.8) is 0 Å². The lowest BCUT2D eigenvalue weighted by Gasteiger charge is -2.29. The number of allylic oxidation sites excluding steroid dienone is 1. The molecule has 32 heavy (non-hydrogen) atoms. The van der Waals surface area contributed by atoms with Crippen molar-refractivity contribution in [1.29, 1.82) is 0 Å². The fraction of sp³-hybridized carbons (Fsp3) is 0.350. The minimum absolute atomic E-state index is 0.0296. The fourth-order valence-corrected chi connectivity index (χ4v) is 3.01. The van der Waals surface area contributed by atoms with Gasteiger partial charge in [-0.3, -0.25) is 9.59 Å². The second kappa shape index (κ2) is 10.1. The fourth-order valence-electron chi connectivity index (χ4n) is 3.01. The first-order valence-corrected chi connectivity index (χ1v) is 9.73. The Kier molecular flexibility index (Phi) is 7.23. The molecule has 1 saturated heterocycles. The van der Waals surface area contributed by atoms with Gasteiger partial charge in [-0.1, -0.05) is 18.2 Å². The predicted octanol–water partition coefficient (Wildman–Crippen LogP) is 2.60. The molecule has 1 aromatic carbocycles. The summed E-state index contributed by atoms with van der Waals surface area (Å²) in [7, 11) is 0. The number of carbonyl (C=O) groups excluding carboxylic acids is 2. The number of para-hydroxylation sites is 1. The van der Waals surface area contributed by atoms with Crippen LogP contribution >= 0.6 is 0 Å². The molecule has 0 spiro atoms. The summed E-state index contributed by atoms with van der Waals surface area (Å²) in [5.74, 6) is -2.44. The van der Waals surface area contributed by atoms with Crippen LogP contribution in [0.5, 0.6) is 0 Å². The van der Waals surface area contributed by atoms with E-state index in [1.807, 2.05) is 30.3 Å². The second-order valence-electron chi connectivity index (χ2n) is 7.02. The molecule has 0 amide bonds. The van der Waals surface area contributed by atoms with Crippen molar-refractivity contribution in [2.45, 2.75) is 25.6 Å². The normalized spacial score (nSPS) is 15.0. The number of hydrogen-bond donors (Lipinski definition) is 2. The minimum atomic E-state index is -4.90.